The Morgan fingerprint density at radius 3 is 2.71 bits per heavy atom. The number of hydrogen-bond acceptors (Lipinski definition) is 6. The van der Waals surface area contributed by atoms with Gasteiger partial charge >= 0.3 is 10.2 Å². The first-order valence-electron chi connectivity index (χ1n) is 8.37. The highest BCUT2D eigenvalue weighted by Gasteiger charge is 2.24. The van der Waals surface area contributed by atoms with Gasteiger partial charge in [0.1, 0.15) is 17.8 Å². The van der Waals surface area contributed by atoms with E-state index in [0.29, 0.717) is 16.9 Å². The number of anilines is 2. The van der Waals surface area contributed by atoms with Gasteiger partial charge in [-0.25, -0.2) is 14.4 Å². The van der Waals surface area contributed by atoms with Crippen LogP contribution in [0.25, 0.3) is 11.0 Å². The van der Waals surface area contributed by atoms with Gasteiger partial charge in [0.2, 0.25) is 0 Å². The molecule has 9 nitrogen and oxygen atoms in total. The molecule has 0 saturated heterocycles. The van der Waals surface area contributed by atoms with E-state index in [0.717, 1.165) is 4.31 Å². The molecular formula is C17H19FN6O3S. The van der Waals surface area contributed by atoms with Crippen LogP contribution < -0.4 is 10.0 Å². The molecule has 0 aliphatic rings. The zero-order valence-corrected chi connectivity index (χ0v) is 16.3. The van der Waals surface area contributed by atoms with Gasteiger partial charge in [-0.3, -0.25) is 9.52 Å². The van der Waals surface area contributed by atoms with Crippen molar-refractivity contribution in [2.75, 3.05) is 30.7 Å². The highest BCUT2D eigenvalue weighted by Crippen LogP contribution is 2.28. The molecule has 0 spiro atoms. The van der Waals surface area contributed by atoms with Crippen molar-refractivity contribution in [1.29, 1.82) is 0 Å². The Hall–Kier alpha value is -3.05. The summed E-state index contributed by atoms with van der Waals surface area (Å²) in [5.41, 5.74) is 0.0105. The molecule has 2 aromatic heterocycles. The molecule has 0 aliphatic carbocycles. The Kier molecular flexibility index (Phi) is 5.29. The van der Waals surface area contributed by atoms with Crippen molar-refractivity contribution >= 4 is 38.5 Å². The number of aromatic amines is 1. The molecule has 0 fully saturated rings. The number of nitrogens with one attached hydrogen (secondary N) is 3. The third-order valence-electron chi connectivity index (χ3n) is 4.29. The Morgan fingerprint density at radius 2 is 2.04 bits per heavy atom. The van der Waals surface area contributed by atoms with Crippen LogP contribution in [0.3, 0.4) is 0 Å². The summed E-state index contributed by atoms with van der Waals surface area (Å²) < 4.78 is 42.5. The number of carbonyl (C=O) groups excluding carboxylic acids is 1. The third kappa shape index (κ3) is 3.41. The SMILES string of the molecule is CCN(C)S(=O)(=O)Nc1cccc(C(=O)c2c[nH]c3ncnc(NC)c23)c1F. The maximum absolute atomic E-state index is 15.0. The Labute approximate surface area is 161 Å². The molecule has 28 heavy (non-hydrogen) atoms. The minimum atomic E-state index is -3.93. The van der Waals surface area contributed by atoms with Gasteiger partial charge in [0.15, 0.2) is 11.6 Å². The normalized spacial score (nSPS) is 11.8. The number of nitrogens with zero attached hydrogens (tertiary/aromatic N) is 3. The average Bonchev–Trinajstić information content (AvgIpc) is 3.12. The van der Waals surface area contributed by atoms with Crippen LogP contribution in [0.1, 0.15) is 22.8 Å². The third-order valence-corrected chi connectivity index (χ3v) is 5.85. The average molecular weight is 406 g/mol. The van der Waals surface area contributed by atoms with Crippen LogP contribution in [0.15, 0.2) is 30.7 Å². The molecule has 148 valence electrons. The lowest BCUT2D eigenvalue weighted by Gasteiger charge is -2.17. The van der Waals surface area contributed by atoms with E-state index >= 15 is 0 Å². The van der Waals surface area contributed by atoms with Gasteiger partial charge in [0.05, 0.1) is 22.2 Å². The lowest BCUT2D eigenvalue weighted by molar-refractivity contribution is 0.103. The van der Waals surface area contributed by atoms with Crippen molar-refractivity contribution in [2.45, 2.75) is 6.92 Å². The highest BCUT2D eigenvalue weighted by atomic mass is 32.2. The molecule has 3 aromatic rings. The van der Waals surface area contributed by atoms with Crippen LogP contribution in [0.4, 0.5) is 15.9 Å². The van der Waals surface area contributed by atoms with Gasteiger partial charge in [0, 0.05) is 26.8 Å². The lowest BCUT2D eigenvalue weighted by Crippen LogP contribution is -2.32. The number of ketones is 1. The van der Waals surface area contributed by atoms with Crippen molar-refractivity contribution in [3.63, 3.8) is 0 Å². The van der Waals surface area contributed by atoms with Crippen molar-refractivity contribution in [1.82, 2.24) is 19.3 Å². The summed E-state index contributed by atoms with van der Waals surface area (Å²) in [6.45, 7) is 1.85. The molecule has 0 bridgehead atoms. The van der Waals surface area contributed by atoms with E-state index in [1.165, 1.54) is 37.8 Å². The molecule has 1 aromatic carbocycles. The largest absolute Gasteiger partial charge is 0.372 e. The monoisotopic (exact) mass is 406 g/mol. The maximum Gasteiger partial charge on any atom is 0.301 e. The molecule has 0 unspecified atom stereocenters. The van der Waals surface area contributed by atoms with Gasteiger partial charge in [0.25, 0.3) is 0 Å². The Bertz CT molecular complexity index is 1150. The molecule has 11 heteroatoms. The number of benzene rings is 1. The molecule has 3 N–H and O–H groups in total. The van der Waals surface area contributed by atoms with Crippen molar-refractivity contribution in [2.24, 2.45) is 0 Å². The summed E-state index contributed by atoms with van der Waals surface area (Å²) in [5, 5.41) is 3.29. The summed E-state index contributed by atoms with van der Waals surface area (Å²) in [6.07, 6.45) is 2.75. The van der Waals surface area contributed by atoms with Crippen molar-refractivity contribution in [3.8, 4) is 0 Å². The fourth-order valence-corrected chi connectivity index (χ4v) is 3.58. The molecule has 0 radical (unpaired) electrons. The van der Waals surface area contributed by atoms with Crippen LogP contribution >= 0.6 is 0 Å². The van der Waals surface area contributed by atoms with E-state index in [1.807, 2.05) is 0 Å². The van der Waals surface area contributed by atoms with Crippen LogP contribution in [-0.2, 0) is 10.2 Å². The van der Waals surface area contributed by atoms with E-state index in [4.69, 9.17) is 0 Å². The van der Waals surface area contributed by atoms with E-state index in [1.54, 1.807) is 14.0 Å². The number of halogens is 1. The molecule has 0 aliphatic heterocycles. The molecule has 3 rings (SSSR count). The number of fused-ring (bicyclic) bond motifs is 1. The van der Waals surface area contributed by atoms with Crippen molar-refractivity contribution < 1.29 is 17.6 Å². The number of hydrogen-bond donors (Lipinski definition) is 3. The predicted octanol–water partition coefficient (Wildman–Crippen LogP) is 1.98. The van der Waals surface area contributed by atoms with Crippen molar-refractivity contribution in [3.05, 3.63) is 47.7 Å². The second-order valence-electron chi connectivity index (χ2n) is 5.92. The standard InChI is InChI=1S/C17H19FN6O3S/c1-4-24(3)28(26,27)23-12-7-5-6-10(14(12)18)15(25)11-8-20-17-13(11)16(19-2)21-9-22-17/h5-9,23H,4H2,1-3H3,(H2,19,20,21,22). The lowest BCUT2D eigenvalue weighted by atomic mass is 10.0. The maximum atomic E-state index is 15.0. The van der Waals surface area contributed by atoms with Crippen LogP contribution in [0, 0.1) is 5.82 Å². The van der Waals surface area contributed by atoms with E-state index < -0.39 is 21.8 Å². The van der Waals surface area contributed by atoms with Crippen LogP contribution in [-0.4, -0.2) is 54.1 Å². The Balaban J connectivity index is 2.05. The summed E-state index contributed by atoms with van der Waals surface area (Å²) >= 11 is 0. The summed E-state index contributed by atoms with van der Waals surface area (Å²) in [6, 6.07) is 3.95. The number of carbonyl (C=O) groups is 1. The fourth-order valence-electron chi connectivity index (χ4n) is 2.65. The Morgan fingerprint density at radius 1 is 1.29 bits per heavy atom. The molecule has 0 saturated carbocycles. The number of aromatic nitrogens is 3. The molecular weight excluding hydrogens is 387 g/mol. The summed E-state index contributed by atoms with van der Waals surface area (Å²) in [5.74, 6) is -1.17. The molecule has 0 amide bonds. The van der Waals surface area contributed by atoms with Crippen LogP contribution in [0.5, 0.6) is 0 Å². The second-order valence-corrected chi connectivity index (χ2v) is 7.69. The second kappa shape index (κ2) is 7.52. The molecule has 2 heterocycles. The predicted molar refractivity (Wildman–Crippen MR) is 104 cm³/mol. The summed E-state index contributed by atoms with van der Waals surface area (Å²) in [4.78, 5) is 24.0. The van der Waals surface area contributed by atoms with Gasteiger partial charge in [-0.15, -0.1) is 0 Å². The first-order valence-corrected chi connectivity index (χ1v) is 9.81. The van der Waals surface area contributed by atoms with Gasteiger partial charge in [-0.05, 0) is 12.1 Å². The van der Waals surface area contributed by atoms with Gasteiger partial charge < -0.3 is 10.3 Å². The van der Waals surface area contributed by atoms with Gasteiger partial charge in [-0.2, -0.15) is 12.7 Å². The smallest absolute Gasteiger partial charge is 0.301 e. The van der Waals surface area contributed by atoms with Gasteiger partial charge in [-0.1, -0.05) is 13.0 Å². The van der Waals surface area contributed by atoms with E-state index in [9.17, 15) is 17.6 Å². The summed E-state index contributed by atoms with van der Waals surface area (Å²) in [7, 11) is -0.928. The van der Waals surface area contributed by atoms with E-state index in [-0.39, 0.29) is 23.4 Å². The molecule has 0 atom stereocenters. The van der Waals surface area contributed by atoms with Crippen LogP contribution in [0.2, 0.25) is 0 Å². The highest BCUT2D eigenvalue weighted by molar-refractivity contribution is 7.90. The van der Waals surface area contributed by atoms with E-state index in [2.05, 4.69) is 25.0 Å². The number of H-pyrrole nitrogens is 1. The minimum absolute atomic E-state index is 0.171. The fraction of sp³-hybridized carbons (Fsp3) is 0.235. The first kappa shape index (κ1) is 19.7. The zero-order valence-electron chi connectivity index (χ0n) is 15.4. The topological polar surface area (TPSA) is 120 Å². The minimum Gasteiger partial charge on any atom is -0.372 e. The quantitative estimate of drug-likeness (QED) is 0.516. The number of rotatable bonds is 7. The zero-order chi connectivity index (χ0) is 20.5. The first-order chi connectivity index (χ1) is 13.3.